The summed E-state index contributed by atoms with van der Waals surface area (Å²) in [6.45, 7) is 11.4. The van der Waals surface area contributed by atoms with Gasteiger partial charge in [-0.25, -0.2) is 4.57 Å². The van der Waals surface area contributed by atoms with Crippen molar-refractivity contribution in [3.8, 4) is 0 Å². The van der Waals surface area contributed by atoms with E-state index < -0.39 is 0 Å². The van der Waals surface area contributed by atoms with Gasteiger partial charge in [-0.1, -0.05) is 32.9 Å². The third-order valence-corrected chi connectivity index (χ3v) is 6.83. The lowest BCUT2D eigenvalue weighted by atomic mass is 9.87. The summed E-state index contributed by atoms with van der Waals surface area (Å²) in [6, 6.07) is 16.0. The van der Waals surface area contributed by atoms with Gasteiger partial charge in [0.05, 0.1) is 34.4 Å². The van der Waals surface area contributed by atoms with E-state index in [1.54, 1.807) is 0 Å². The number of nitrogens with zero attached hydrogens (tertiary/aromatic N) is 3. The van der Waals surface area contributed by atoms with Crippen LogP contribution in [0.1, 0.15) is 37.5 Å². The van der Waals surface area contributed by atoms with Crippen molar-refractivity contribution in [2.24, 2.45) is 12.5 Å². The van der Waals surface area contributed by atoms with Crippen LogP contribution in [0.2, 0.25) is 0 Å². The van der Waals surface area contributed by atoms with E-state index in [0.717, 1.165) is 11.9 Å². The summed E-state index contributed by atoms with van der Waals surface area (Å²) >= 11 is 0. The Morgan fingerprint density at radius 3 is 2.52 bits per heavy atom. The molecule has 0 aliphatic rings. The molecule has 6 aromatic rings. The summed E-state index contributed by atoms with van der Waals surface area (Å²) in [4.78, 5) is 4.74. The molecule has 0 N–H and O–H groups in total. The lowest BCUT2D eigenvalue weighted by Crippen LogP contribution is -2.30. The van der Waals surface area contributed by atoms with Crippen LogP contribution in [0.4, 0.5) is 0 Å². The van der Waals surface area contributed by atoms with Gasteiger partial charge in [-0.3, -0.25) is 0 Å². The van der Waals surface area contributed by atoms with Crippen LogP contribution in [-0.4, -0.2) is 9.38 Å². The highest BCUT2D eigenvalue weighted by atomic mass is 15.0. The molecule has 3 heteroatoms. The second-order valence-corrected chi connectivity index (χ2v) is 10.4. The van der Waals surface area contributed by atoms with Crippen LogP contribution in [0.3, 0.4) is 0 Å². The van der Waals surface area contributed by atoms with Crippen LogP contribution in [-0.2, 0) is 13.5 Å². The first-order valence-electron chi connectivity index (χ1n) is 11.1. The number of aromatic nitrogens is 3. The van der Waals surface area contributed by atoms with E-state index in [0.29, 0.717) is 0 Å². The Labute approximate surface area is 182 Å². The maximum atomic E-state index is 4.74. The number of fused-ring (bicyclic) bond motifs is 5. The zero-order chi connectivity index (χ0) is 21.7. The predicted octanol–water partition coefficient (Wildman–Crippen LogP) is 6.41. The molecule has 0 unspecified atom stereocenters. The minimum Gasteiger partial charge on any atom is -0.308 e. The second-order valence-electron chi connectivity index (χ2n) is 10.4. The summed E-state index contributed by atoms with van der Waals surface area (Å²) < 4.78 is 4.67. The molecule has 0 saturated heterocycles. The summed E-state index contributed by atoms with van der Waals surface area (Å²) in [5, 5.41) is 5.29. The Morgan fingerprint density at radius 2 is 1.74 bits per heavy atom. The molecule has 0 aliphatic heterocycles. The lowest BCUT2D eigenvalue weighted by molar-refractivity contribution is -0.646. The Kier molecular flexibility index (Phi) is 3.56. The van der Waals surface area contributed by atoms with Gasteiger partial charge in [0.1, 0.15) is 5.52 Å². The molecule has 0 radical (unpaired) electrons. The van der Waals surface area contributed by atoms with Crippen LogP contribution in [0.25, 0.3) is 49.1 Å². The van der Waals surface area contributed by atoms with Crippen LogP contribution in [0, 0.1) is 19.3 Å². The van der Waals surface area contributed by atoms with E-state index in [4.69, 9.17) is 4.98 Å². The number of hydrogen-bond acceptors (Lipinski definition) is 1. The van der Waals surface area contributed by atoms with Gasteiger partial charge in [-0.15, -0.1) is 0 Å². The predicted molar refractivity (Wildman–Crippen MR) is 130 cm³/mol. The molecule has 3 nitrogen and oxygen atoms in total. The molecule has 0 fully saturated rings. The number of hydrogen-bond donors (Lipinski definition) is 0. The topological polar surface area (TPSA) is 21.2 Å². The van der Waals surface area contributed by atoms with Crippen molar-refractivity contribution in [2.75, 3.05) is 0 Å². The molecule has 0 bridgehead atoms. The van der Waals surface area contributed by atoms with Crippen molar-refractivity contribution < 1.29 is 4.57 Å². The molecule has 3 aromatic carbocycles. The molecule has 3 heterocycles. The zero-order valence-corrected chi connectivity index (χ0v) is 19.2. The molecule has 31 heavy (non-hydrogen) atoms. The molecule has 0 saturated carbocycles. The monoisotopic (exact) mass is 406 g/mol. The molecule has 0 aliphatic carbocycles. The Hall–Kier alpha value is -3.20. The first-order valence-corrected chi connectivity index (χ1v) is 11.1. The molecule has 154 valence electrons. The molecular weight excluding hydrogens is 378 g/mol. The van der Waals surface area contributed by atoms with E-state index >= 15 is 0 Å². The SMILES string of the molecule is Cc1cc2c3cc(CC(C)(C)C)ccc3n3c4cccc5nc[n+](C)c(c(c1C)c23)c54. The first-order chi connectivity index (χ1) is 14.7. The average molecular weight is 407 g/mol. The van der Waals surface area contributed by atoms with E-state index in [2.05, 4.69) is 93.1 Å². The average Bonchev–Trinajstić information content (AvgIpc) is 3.02. The van der Waals surface area contributed by atoms with Gasteiger partial charge in [0, 0.05) is 10.8 Å². The van der Waals surface area contributed by atoms with E-state index in [1.807, 2.05) is 6.33 Å². The highest BCUT2D eigenvalue weighted by Gasteiger charge is 2.24. The van der Waals surface area contributed by atoms with Crippen molar-refractivity contribution in [3.05, 3.63) is 65.5 Å². The van der Waals surface area contributed by atoms with E-state index in [-0.39, 0.29) is 5.41 Å². The molecule has 0 amide bonds. The summed E-state index contributed by atoms with van der Waals surface area (Å²) in [7, 11) is 2.12. The van der Waals surface area contributed by atoms with Crippen LogP contribution in [0.15, 0.2) is 48.8 Å². The fraction of sp³-hybridized carbons (Fsp3) is 0.286. The molecule has 6 rings (SSSR count). The van der Waals surface area contributed by atoms with Crippen molar-refractivity contribution in [1.29, 1.82) is 0 Å². The highest BCUT2D eigenvalue weighted by molar-refractivity contribution is 6.25. The first kappa shape index (κ1) is 18.6. The smallest absolute Gasteiger partial charge is 0.287 e. The van der Waals surface area contributed by atoms with Crippen LogP contribution >= 0.6 is 0 Å². The van der Waals surface area contributed by atoms with Gasteiger partial charge in [-0.2, -0.15) is 0 Å². The molecule has 3 aromatic heterocycles. The van der Waals surface area contributed by atoms with Gasteiger partial charge in [-0.05, 0) is 77.7 Å². The summed E-state index contributed by atoms with van der Waals surface area (Å²) in [5.74, 6) is 0. The quantitative estimate of drug-likeness (QED) is 0.175. The lowest BCUT2D eigenvalue weighted by Gasteiger charge is -2.18. The van der Waals surface area contributed by atoms with E-state index in [1.165, 1.54) is 60.3 Å². The highest BCUT2D eigenvalue weighted by Crippen LogP contribution is 2.41. The van der Waals surface area contributed by atoms with Crippen LogP contribution < -0.4 is 4.57 Å². The molecule has 0 atom stereocenters. The summed E-state index contributed by atoms with van der Waals surface area (Å²) in [5.41, 5.74) is 10.5. The molecular formula is C28H28N3+. The Morgan fingerprint density at radius 1 is 0.935 bits per heavy atom. The standard InChI is InChI=1S/C28H28N3/c1-16-12-20-19-13-18(14-28(3,4)5)10-11-22(19)31-23-9-7-8-21-25(23)27(30(6)15-29-21)24(17(16)2)26(20)31/h7-13,15H,14H2,1-6H3/q+1. The summed E-state index contributed by atoms with van der Waals surface area (Å²) in [6.07, 6.45) is 3.02. The third kappa shape index (κ3) is 2.46. The van der Waals surface area contributed by atoms with Gasteiger partial charge < -0.3 is 4.40 Å². The fourth-order valence-electron chi connectivity index (χ4n) is 5.47. The molecule has 0 spiro atoms. The number of pyridine rings is 1. The van der Waals surface area contributed by atoms with Crippen molar-refractivity contribution in [1.82, 2.24) is 9.38 Å². The van der Waals surface area contributed by atoms with Crippen molar-refractivity contribution >= 4 is 49.1 Å². The minimum atomic E-state index is 0.263. The number of rotatable bonds is 1. The second kappa shape index (κ2) is 5.94. The van der Waals surface area contributed by atoms with Gasteiger partial charge in [0.25, 0.3) is 6.33 Å². The normalized spacial score (nSPS) is 13.0. The zero-order valence-electron chi connectivity index (χ0n) is 19.2. The minimum absolute atomic E-state index is 0.263. The maximum absolute atomic E-state index is 4.74. The third-order valence-electron chi connectivity index (χ3n) is 6.83. The van der Waals surface area contributed by atoms with Crippen molar-refractivity contribution in [2.45, 2.75) is 41.0 Å². The maximum Gasteiger partial charge on any atom is 0.287 e. The van der Waals surface area contributed by atoms with Gasteiger partial charge in [0.2, 0.25) is 0 Å². The largest absolute Gasteiger partial charge is 0.308 e. The van der Waals surface area contributed by atoms with Crippen molar-refractivity contribution in [3.63, 3.8) is 0 Å². The number of aryl methyl sites for hydroxylation is 3. The van der Waals surface area contributed by atoms with E-state index in [9.17, 15) is 0 Å². The van der Waals surface area contributed by atoms with Gasteiger partial charge in [0.15, 0.2) is 5.52 Å². The Balaban J connectivity index is 1.93. The Bertz CT molecular complexity index is 1660. The van der Waals surface area contributed by atoms with Gasteiger partial charge >= 0.3 is 0 Å². The number of benzene rings is 3. The fourth-order valence-corrected chi connectivity index (χ4v) is 5.47. The van der Waals surface area contributed by atoms with Crippen LogP contribution in [0.5, 0.6) is 0 Å².